The van der Waals surface area contributed by atoms with Crippen molar-refractivity contribution in [2.45, 2.75) is 46.6 Å². The van der Waals surface area contributed by atoms with Crippen LogP contribution in [0.1, 0.15) is 48.1 Å². The lowest BCUT2D eigenvalue weighted by atomic mass is 9.92. The van der Waals surface area contributed by atoms with Gasteiger partial charge in [-0.2, -0.15) is 0 Å². The molecular weight excluding hydrogens is 198 g/mol. The van der Waals surface area contributed by atoms with E-state index in [0.717, 1.165) is 6.42 Å². The van der Waals surface area contributed by atoms with Crippen LogP contribution in [0.15, 0.2) is 12.1 Å². The molecule has 0 saturated heterocycles. The number of aryl methyl sites for hydroxylation is 1. The number of Topliss-reactive ketones (excluding diaryl/α,β-unsaturated/α-hetero) is 1. The van der Waals surface area contributed by atoms with Gasteiger partial charge in [-0.3, -0.25) is 0 Å². The number of benzene rings is 1. The maximum Gasteiger partial charge on any atom is 0.129 e. The molecule has 0 aliphatic heterocycles. The molecule has 1 atom stereocenters. The highest BCUT2D eigenvalue weighted by atomic mass is 16.1. The molecule has 0 heterocycles. The zero-order valence-corrected chi connectivity index (χ0v) is 10.6. The van der Waals surface area contributed by atoms with Crippen molar-refractivity contribution in [3.8, 4) is 0 Å². The summed E-state index contributed by atoms with van der Waals surface area (Å²) in [6.45, 7) is 7.93. The maximum atomic E-state index is 10.9. The van der Waals surface area contributed by atoms with Crippen molar-refractivity contribution in [2.24, 2.45) is 5.73 Å². The van der Waals surface area contributed by atoms with Crippen LogP contribution in [0.5, 0.6) is 0 Å². The van der Waals surface area contributed by atoms with E-state index in [2.05, 4.69) is 32.9 Å². The van der Waals surface area contributed by atoms with Gasteiger partial charge in [0, 0.05) is 12.5 Å². The summed E-state index contributed by atoms with van der Waals surface area (Å²) >= 11 is 0. The van der Waals surface area contributed by atoms with E-state index in [1.54, 1.807) is 6.92 Å². The van der Waals surface area contributed by atoms with Crippen molar-refractivity contribution in [2.75, 3.05) is 0 Å². The van der Waals surface area contributed by atoms with Crippen molar-refractivity contribution in [3.05, 3.63) is 34.4 Å². The molecule has 0 bridgehead atoms. The summed E-state index contributed by atoms with van der Waals surface area (Å²) in [7, 11) is 0. The molecule has 2 heteroatoms. The fourth-order valence-electron chi connectivity index (χ4n) is 1.89. The van der Waals surface area contributed by atoms with E-state index in [1.165, 1.54) is 22.3 Å². The van der Waals surface area contributed by atoms with Crippen LogP contribution in [0, 0.1) is 20.8 Å². The molecule has 1 unspecified atom stereocenters. The van der Waals surface area contributed by atoms with Gasteiger partial charge in [0.25, 0.3) is 0 Å². The first-order valence-corrected chi connectivity index (χ1v) is 5.75. The normalized spacial score (nSPS) is 12.6. The van der Waals surface area contributed by atoms with Gasteiger partial charge in [0.15, 0.2) is 0 Å². The van der Waals surface area contributed by atoms with Crippen LogP contribution in [0.25, 0.3) is 0 Å². The molecule has 16 heavy (non-hydrogen) atoms. The van der Waals surface area contributed by atoms with Gasteiger partial charge in [0.2, 0.25) is 0 Å². The predicted molar refractivity (Wildman–Crippen MR) is 67.5 cm³/mol. The van der Waals surface area contributed by atoms with Crippen molar-refractivity contribution in [1.29, 1.82) is 0 Å². The molecule has 0 saturated carbocycles. The summed E-state index contributed by atoms with van der Waals surface area (Å²) in [5.41, 5.74) is 11.1. The van der Waals surface area contributed by atoms with Gasteiger partial charge in [-0.25, -0.2) is 0 Å². The fourth-order valence-corrected chi connectivity index (χ4v) is 1.89. The Morgan fingerprint density at radius 2 is 1.88 bits per heavy atom. The standard InChI is InChI=1S/C14H21NO/c1-9-5-7-13(12(4)11(9)3)14(15)8-6-10(2)16/h5,7,14H,6,8,15H2,1-4H3. The summed E-state index contributed by atoms with van der Waals surface area (Å²) in [6, 6.07) is 4.16. The molecule has 1 rings (SSSR count). The number of rotatable bonds is 4. The number of carbonyl (C=O) groups excluding carboxylic acids is 1. The Bertz CT molecular complexity index is 396. The third-order valence-corrected chi connectivity index (χ3v) is 3.31. The zero-order valence-electron chi connectivity index (χ0n) is 10.6. The van der Waals surface area contributed by atoms with E-state index >= 15 is 0 Å². The van der Waals surface area contributed by atoms with E-state index in [1.807, 2.05) is 0 Å². The van der Waals surface area contributed by atoms with Crippen molar-refractivity contribution < 1.29 is 4.79 Å². The molecule has 0 aromatic heterocycles. The smallest absolute Gasteiger partial charge is 0.129 e. The van der Waals surface area contributed by atoms with Gasteiger partial charge in [-0.15, -0.1) is 0 Å². The minimum absolute atomic E-state index is 0.0248. The second-order valence-corrected chi connectivity index (χ2v) is 4.57. The molecule has 88 valence electrons. The number of hydrogen-bond donors (Lipinski definition) is 1. The van der Waals surface area contributed by atoms with Gasteiger partial charge in [-0.1, -0.05) is 12.1 Å². The minimum atomic E-state index is -0.0248. The second kappa shape index (κ2) is 5.26. The van der Waals surface area contributed by atoms with Gasteiger partial charge >= 0.3 is 0 Å². The van der Waals surface area contributed by atoms with Crippen LogP contribution < -0.4 is 5.73 Å². The Morgan fingerprint density at radius 1 is 1.25 bits per heavy atom. The lowest BCUT2D eigenvalue weighted by Crippen LogP contribution is -2.13. The molecule has 1 aromatic carbocycles. The van der Waals surface area contributed by atoms with Crippen molar-refractivity contribution in [1.82, 2.24) is 0 Å². The molecule has 0 amide bonds. The molecule has 0 radical (unpaired) electrons. The molecule has 2 nitrogen and oxygen atoms in total. The predicted octanol–water partition coefficient (Wildman–Crippen LogP) is 2.98. The van der Waals surface area contributed by atoms with Crippen molar-refractivity contribution in [3.63, 3.8) is 0 Å². The quantitative estimate of drug-likeness (QED) is 0.846. The number of nitrogens with two attached hydrogens (primary N) is 1. The SMILES string of the molecule is CC(=O)CCC(N)c1ccc(C)c(C)c1C. The highest BCUT2D eigenvalue weighted by molar-refractivity contribution is 5.75. The van der Waals surface area contributed by atoms with Gasteiger partial charge < -0.3 is 10.5 Å². The van der Waals surface area contributed by atoms with Crippen LogP contribution in [0.4, 0.5) is 0 Å². The van der Waals surface area contributed by atoms with Crippen LogP contribution in [-0.4, -0.2) is 5.78 Å². The number of hydrogen-bond acceptors (Lipinski definition) is 2. The Labute approximate surface area is 97.9 Å². The minimum Gasteiger partial charge on any atom is -0.324 e. The largest absolute Gasteiger partial charge is 0.324 e. The first kappa shape index (κ1) is 12.9. The Morgan fingerprint density at radius 3 is 2.44 bits per heavy atom. The monoisotopic (exact) mass is 219 g/mol. The van der Waals surface area contributed by atoms with Gasteiger partial charge in [-0.05, 0) is 56.4 Å². The molecule has 0 aliphatic rings. The molecule has 0 spiro atoms. The summed E-state index contributed by atoms with van der Waals surface area (Å²) in [5, 5.41) is 0. The maximum absolute atomic E-state index is 10.9. The molecule has 1 aromatic rings. The van der Waals surface area contributed by atoms with Crippen molar-refractivity contribution >= 4 is 5.78 Å². The van der Waals surface area contributed by atoms with Gasteiger partial charge in [0.1, 0.15) is 5.78 Å². The van der Waals surface area contributed by atoms with Gasteiger partial charge in [0.05, 0.1) is 0 Å². The summed E-state index contributed by atoms with van der Waals surface area (Å²) in [4.78, 5) is 10.9. The first-order valence-electron chi connectivity index (χ1n) is 5.75. The van der Waals surface area contributed by atoms with E-state index < -0.39 is 0 Å². The van der Waals surface area contributed by atoms with Crippen LogP contribution in [0.2, 0.25) is 0 Å². The van der Waals surface area contributed by atoms with E-state index in [4.69, 9.17) is 5.73 Å². The highest BCUT2D eigenvalue weighted by Gasteiger charge is 2.11. The second-order valence-electron chi connectivity index (χ2n) is 4.57. The summed E-state index contributed by atoms with van der Waals surface area (Å²) in [6.07, 6.45) is 1.30. The first-order chi connectivity index (χ1) is 7.43. The average Bonchev–Trinajstić information content (AvgIpc) is 2.23. The Kier molecular flexibility index (Phi) is 4.25. The van der Waals surface area contributed by atoms with Crippen LogP contribution >= 0.6 is 0 Å². The van der Waals surface area contributed by atoms with E-state index in [-0.39, 0.29) is 11.8 Å². The lowest BCUT2D eigenvalue weighted by Gasteiger charge is -2.17. The Balaban J connectivity index is 2.87. The van der Waals surface area contributed by atoms with Crippen LogP contribution in [-0.2, 0) is 4.79 Å². The van der Waals surface area contributed by atoms with Crippen LogP contribution in [0.3, 0.4) is 0 Å². The highest BCUT2D eigenvalue weighted by Crippen LogP contribution is 2.24. The third kappa shape index (κ3) is 2.92. The summed E-state index contributed by atoms with van der Waals surface area (Å²) < 4.78 is 0. The topological polar surface area (TPSA) is 43.1 Å². The Hall–Kier alpha value is -1.15. The zero-order chi connectivity index (χ0) is 12.3. The molecule has 2 N–H and O–H groups in total. The number of ketones is 1. The molecule has 0 fully saturated rings. The van der Waals surface area contributed by atoms with E-state index in [9.17, 15) is 4.79 Å². The lowest BCUT2D eigenvalue weighted by molar-refractivity contribution is -0.117. The summed E-state index contributed by atoms with van der Waals surface area (Å²) in [5.74, 6) is 0.205. The molecular formula is C14H21NO. The molecule has 0 aliphatic carbocycles. The average molecular weight is 219 g/mol. The fraction of sp³-hybridized carbons (Fsp3) is 0.500. The number of carbonyl (C=O) groups is 1. The third-order valence-electron chi connectivity index (χ3n) is 3.31. The van der Waals surface area contributed by atoms with E-state index in [0.29, 0.717) is 6.42 Å².